The summed E-state index contributed by atoms with van der Waals surface area (Å²) in [7, 11) is 0. The van der Waals surface area contributed by atoms with Crippen molar-refractivity contribution in [2.45, 2.75) is 19.8 Å². The summed E-state index contributed by atoms with van der Waals surface area (Å²) in [5, 5.41) is 27.9. The number of carbonyl (C=O) groups excluding carboxylic acids is 1. The summed E-state index contributed by atoms with van der Waals surface area (Å²) in [6.45, 7) is 4.10. The van der Waals surface area contributed by atoms with Crippen molar-refractivity contribution < 1.29 is 24.9 Å². The van der Waals surface area contributed by atoms with Gasteiger partial charge in [0.05, 0.1) is 5.56 Å². The van der Waals surface area contributed by atoms with Crippen LogP contribution in [0.15, 0.2) is 36.4 Å². The monoisotopic (exact) mass is 288 g/mol. The van der Waals surface area contributed by atoms with Gasteiger partial charge in [-0.05, 0) is 23.6 Å². The van der Waals surface area contributed by atoms with Crippen molar-refractivity contribution >= 4 is 5.97 Å². The number of benzene rings is 2. The second kappa shape index (κ2) is 5.75. The summed E-state index contributed by atoms with van der Waals surface area (Å²) in [4.78, 5) is 12.0. The number of hydrogen-bond acceptors (Lipinski definition) is 5. The van der Waals surface area contributed by atoms with Gasteiger partial charge in [-0.15, -0.1) is 0 Å². The first-order valence-corrected chi connectivity index (χ1v) is 6.45. The fourth-order valence-electron chi connectivity index (χ4n) is 1.81. The summed E-state index contributed by atoms with van der Waals surface area (Å²) in [5.74, 6) is -2.09. The predicted octanol–water partition coefficient (Wildman–Crippen LogP) is 3.15. The van der Waals surface area contributed by atoms with E-state index in [9.17, 15) is 20.1 Å². The molecule has 0 saturated carbocycles. The first-order chi connectivity index (χ1) is 9.88. The lowest BCUT2D eigenvalue weighted by Crippen LogP contribution is -2.08. The van der Waals surface area contributed by atoms with Crippen molar-refractivity contribution in [1.82, 2.24) is 0 Å². The molecule has 5 nitrogen and oxygen atoms in total. The average molecular weight is 288 g/mol. The number of hydrogen-bond donors (Lipinski definition) is 3. The highest BCUT2D eigenvalue weighted by molar-refractivity contribution is 5.91. The van der Waals surface area contributed by atoms with E-state index >= 15 is 0 Å². The second-order valence-corrected chi connectivity index (χ2v) is 4.98. The second-order valence-electron chi connectivity index (χ2n) is 4.98. The molecule has 0 aliphatic heterocycles. The maximum Gasteiger partial charge on any atom is 0.343 e. The maximum atomic E-state index is 12.0. The van der Waals surface area contributed by atoms with E-state index in [4.69, 9.17) is 4.74 Å². The molecule has 21 heavy (non-hydrogen) atoms. The van der Waals surface area contributed by atoms with E-state index in [1.54, 1.807) is 12.1 Å². The summed E-state index contributed by atoms with van der Waals surface area (Å²) in [6, 6.07) is 9.08. The number of rotatable bonds is 3. The normalized spacial score (nSPS) is 10.6. The molecule has 3 N–H and O–H groups in total. The Labute approximate surface area is 122 Å². The Morgan fingerprint density at radius 3 is 2.00 bits per heavy atom. The Hall–Kier alpha value is -2.69. The van der Waals surface area contributed by atoms with Crippen molar-refractivity contribution in [3.8, 4) is 23.0 Å². The van der Waals surface area contributed by atoms with E-state index in [-0.39, 0.29) is 5.75 Å². The van der Waals surface area contributed by atoms with E-state index in [1.165, 1.54) is 0 Å². The van der Waals surface area contributed by atoms with Gasteiger partial charge in [0.25, 0.3) is 0 Å². The van der Waals surface area contributed by atoms with Crippen LogP contribution in [-0.4, -0.2) is 21.3 Å². The van der Waals surface area contributed by atoms with Crippen LogP contribution < -0.4 is 4.74 Å². The number of ether oxygens (including phenoxy) is 1. The molecule has 0 saturated heterocycles. The molecule has 0 aromatic heterocycles. The summed E-state index contributed by atoms with van der Waals surface area (Å²) in [5.41, 5.74) is 1.46. The Balaban J connectivity index is 2.18. The first-order valence-electron chi connectivity index (χ1n) is 6.45. The molecule has 2 rings (SSSR count). The van der Waals surface area contributed by atoms with Gasteiger partial charge in [-0.2, -0.15) is 0 Å². The Morgan fingerprint density at radius 2 is 1.52 bits per heavy atom. The molecule has 0 aliphatic rings. The maximum absolute atomic E-state index is 12.0. The Bertz CT molecular complexity index is 636. The third-order valence-electron chi connectivity index (χ3n) is 3.07. The van der Waals surface area contributed by atoms with Crippen LogP contribution in [0.25, 0.3) is 0 Å². The van der Waals surface area contributed by atoms with Gasteiger partial charge in [-0.3, -0.25) is 0 Å². The third kappa shape index (κ3) is 3.25. The van der Waals surface area contributed by atoms with Crippen LogP contribution in [0, 0.1) is 0 Å². The number of aromatic hydroxyl groups is 3. The lowest BCUT2D eigenvalue weighted by atomic mass is 10.0. The van der Waals surface area contributed by atoms with E-state index < -0.39 is 23.2 Å². The zero-order chi connectivity index (χ0) is 15.6. The van der Waals surface area contributed by atoms with Crippen molar-refractivity contribution in [3.63, 3.8) is 0 Å². The molecular weight excluding hydrogens is 272 g/mol. The molecule has 0 bridgehead atoms. The van der Waals surface area contributed by atoms with Crippen LogP contribution in [-0.2, 0) is 0 Å². The first kappa shape index (κ1) is 14.7. The third-order valence-corrected chi connectivity index (χ3v) is 3.07. The highest BCUT2D eigenvalue weighted by Crippen LogP contribution is 2.38. The van der Waals surface area contributed by atoms with E-state index in [1.807, 2.05) is 12.1 Å². The van der Waals surface area contributed by atoms with Crippen LogP contribution in [0.3, 0.4) is 0 Å². The molecule has 5 heteroatoms. The highest BCUT2D eigenvalue weighted by Gasteiger charge is 2.13. The molecule has 0 fully saturated rings. The van der Waals surface area contributed by atoms with Crippen molar-refractivity contribution in [3.05, 3.63) is 47.5 Å². The van der Waals surface area contributed by atoms with Gasteiger partial charge >= 0.3 is 5.97 Å². The molecule has 0 heterocycles. The minimum atomic E-state index is -0.656. The quantitative estimate of drug-likeness (QED) is 0.459. The minimum Gasteiger partial charge on any atom is -0.504 e. The van der Waals surface area contributed by atoms with Crippen LogP contribution >= 0.6 is 0 Å². The molecular formula is C16H16O5. The van der Waals surface area contributed by atoms with Gasteiger partial charge in [0.15, 0.2) is 11.5 Å². The highest BCUT2D eigenvalue weighted by atomic mass is 16.5. The molecule has 0 aliphatic carbocycles. The fraction of sp³-hybridized carbons (Fsp3) is 0.188. The SMILES string of the molecule is CC(C)c1ccc(C(=O)Oc2cc(O)c(O)c(O)c2)cc1. The van der Waals surface area contributed by atoms with Gasteiger partial charge in [0.1, 0.15) is 5.75 Å². The molecule has 0 spiro atoms. The standard InChI is InChI=1S/C16H16O5/c1-9(2)10-3-5-11(6-4-10)16(20)21-12-7-13(17)15(19)14(18)8-12/h3-9,17-19H,1-2H3. The van der Waals surface area contributed by atoms with E-state index in [0.717, 1.165) is 17.7 Å². The summed E-state index contributed by atoms with van der Waals surface area (Å²) >= 11 is 0. The van der Waals surface area contributed by atoms with Gasteiger partial charge in [0.2, 0.25) is 5.75 Å². The van der Waals surface area contributed by atoms with Gasteiger partial charge in [0, 0.05) is 12.1 Å². The van der Waals surface area contributed by atoms with Crippen molar-refractivity contribution in [2.75, 3.05) is 0 Å². The molecule has 0 radical (unpaired) electrons. The van der Waals surface area contributed by atoms with E-state index in [2.05, 4.69) is 13.8 Å². The fourth-order valence-corrected chi connectivity index (χ4v) is 1.81. The van der Waals surface area contributed by atoms with Crippen molar-refractivity contribution in [1.29, 1.82) is 0 Å². The molecule has 0 atom stereocenters. The number of esters is 1. The summed E-state index contributed by atoms with van der Waals surface area (Å²) < 4.78 is 5.05. The van der Waals surface area contributed by atoms with Gasteiger partial charge in [-0.1, -0.05) is 26.0 Å². The largest absolute Gasteiger partial charge is 0.504 e. The zero-order valence-corrected chi connectivity index (χ0v) is 11.7. The predicted molar refractivity (Wildman–Crippen MR) is 76.9 cm³/mol. The molecule has 110 valence electrons. The Kier molecular flexibility index (Phi) is 4.03. The lowest BCUT2D eigenvalue weighted by Gasteiger charge is -2.08. The Morgan fingerprint density at radius 1 is 1.00 bits per heavy atom. The van der Waals surface area contributed by atoms with Gasteiger partial charge in [-0.25, -0.2) is 4.79 Å². The number of phenols is 3. The topological polar surface area (TPSA) is 87.0 Å². The summed E-state index contributed by atoms with van der Waals surface area (Å²) in [6.07, 6.45) is 0. The zero-order valence-electron chi connectivity index (χ0n) is 11.7. The van der Waals surface area contributed by atoms with Crippen LogP contribution in [0.2, 0.25) is 0 Å². The number of phenolic OH excluding ortho intramolecular Hbond substituents is 3. The van der Waals surface area contributed by atoms with Crippen LogP contribution in [0.4, 0.5) is 0 Å². The number of carbonyl (C=O) groups is 1. The molecule has 2 aromatic rings. The minimum absolute atomic E-state index is 0.0549. The van der Waals surface area contributed by atoms with Crippen molar-refractivity contribution in [2.24, 2.45) is 0 Å². The molecule has 0 amide bonds. The molecule has 0 unspecified atom stereocenters. The average Bonchev–Trinajstić information content (AvgIpc) is 2.44. The van der Waals surface area contributed by atoms with Crippen LogP contribution in [0.1, 0.15) is 35.7 Å². The van der Waals surface area contributed by atoms with Gasteiger partial charge < -0.3 is 20.1 Å². The van der Waals surface area contributed by atoms with Crippen LogP contribution in [0.5, 0.6) is 23.0 Å². The van der Waals surface area contributed by atoms with E-state index in [0.29, 0.717) is 11.5 Å². The smallest absolute Gasteiger partial charge is 0.343 e. The molecule has 2 aromatic carbocycles. The lowest BCUT2D eigenvalue weighted by molar-refractivity contribution is 0.0734.